The molecule has 0 radical (unpaired) electrons. The van der Waals surface area contributed by atoms with E-state index in [1.165, 1.54) is 17.4 Å². The van der Waals surface area contributed by atoms with Crippen LogP contribution in [0.3, 0.4) is 0 Å². The molecule has 0 saturated carbocycles. The minimum Gasteiger partial charge on any atom is -0.508 e. The molecule has 1 amide bonds. The fraction of sp³-hybridized carbons (Fsp3) is 0.190. The fourth-order valence-corrected chi connectivity index (χ4v) is 4.56. The van der Waals surface area contributed by atoms with Crippen LogP contribution in [0.2, 0.25) is 5.02 Å². The highest BCUT2D eigenvalue weighted by atomic mass is 35.5. The molecule has 2 aromatic carbocycles. The van der Waals surface area contributed by atoms with Crippen molar-refractivity contribution in [2.75, 3.05) is 31.1 Å². The minimum absolute atomic E-state index is 0.0629. The molecule has 1 saturated heterocycles. The maximum atomic E-state index is 12.6. The number of amides is 1. The zero-order valence-corrected chi connectivity index (χ0v) is 17.5. The van der Waals surface area contributed by atoms with Gasteiger partial charge in [-0.3, -0.25) is 4.79 Å². The number of anilines is 1. The Labute approximate surface area is 181 Å². The lowest BCUT2D eigenvalue weighted by molar-refractivity contribution is 0.0746. The highest BCUT2D eigenvalue weighted by Crippen LogP contribution is 2.28. The third-order valence-corrected chi connectivity index (χ3v) is 6.34. The van der Waals surface area contributed by atoms with Crippen molar-refractivity contribution >= 4 is 38.9 Å². The number of piperazine rings is 1. The molecule has 1 fully saturated rings. The van der Waals surface area contributed by atoms with E-state index < -0.39 is 0 Å². The van der Waals surface area contributed by atoms with E-state index in [1.807, 2.05) is 35.4 Å². The summed E-state index contributed by atoms with van der Waals surface area (Å²) in [6.07, 6.45) is 1.92. The Kier molecular flexibility index (Phi) is 4.80. The van der Waals surface area contributed by atoms with Gasteiger partial charge in [0.1, 0.15) is 5.75 Å². The molecule has 0 spiro atoms. The lowest BCUT2D eigenvalue weighted by atomic mass is 10.1. The third kappa shape index (κ3) is 3.59. The maximum absolute atomic E-state index is 12.6. The van der Waals surface area contributed by atoms with Crippen molar-refractivity contribution in [2.45, 2.75) is 0 Å². The summed E-state index contributed by atoms with van der Waals surface area (Å²) in [5, 5.41) is 15.9. The number of benzene rings is 2. The molecule has 1 aliphatic rings. The highest BCUT2D eigenvalue weighted by Gasteiger charge is 2.24. The summed E-state index contributed by atoms with van der Waals surface area (Å²) in [5.41, 5.74) is 2.36. The second kappa shape index (κ2) is 7.62. The Bertz CT molecular complexity index is 1180. The van der Waals surface area contributed by atoms with E-state index in [1.54, 1.807) is 22.7 Å². The zero-order chi connectivity index (χ0) is 20.7. The molecule has 0 unspecified atom stereocenters. The number of carbonyl (C=O) groups is 1. The predicted octanol–water partition coefficient (Wildman–Crippen LogP) is 3.78. The number of fused-ring (bicyclic) bond motifs is 1. The van der Waals surface area contributed by atoms with Crippen LogP contribution in [-0.2, 0) is 0 Å². The molecular formula is C21H18ClN5O2S. The first-order valence-electron chi connectivity index (χ1n) is 9.52. The lowest BCUT2D eigenvalue weighted by Gasteiger charge is -2.34. The normalized spacial score (nSPS) is 14.4. The molecule has 30 heavy (non-hydrogen) atoms. The van der Waals surface area contributed by atoms with Crippen molar-refractivity contribution in [1.29, 1.82) is 0 Å². The average molecular weight is 440 g/mol. The smallest absolute Gasteiger partial charge is 0.254 e. The van der Waals surface area contributed by atoms with Crippen molar-refractivity contribution < 1.29 is 9.90 Å². The second-order valence-corrected chi connectivity index (χ2v) is 8.45. The number of aromatic nitrogens is 3. The van der Waals surface area contributed by atoms with Crippen LogP contribution in [0.5, 0.6) is 5.75 Å². The maximum Gasteiger partial charge on any atom is 0.254 e. The summed E-state index contributed by atoms with van der Waals surface area (Å²) in [4.78, 5) is 22.1. The molecule has 5 rings (SSSR count). The Morgan fingerprint density at radius 3 is 2.53 bits per heavy atom. The van der Waals surface area contributed by atoms with Gasteiger partial charge in [-0.15, -0.1) is 5.10 Å². The number of rotatable bonds is 3. The molecule has 1 aliphatic heterocycles. The highest BCUT2D eigenvalue weighted by molar-refractivity contribution is 7.20. The first kappa shape index (κ1) is 18.9. The largest absolute Gasteiger partial charge is 0.508 e. The van der Waals surface area contributed by atoms with Crippen LogP contribution in [0.15, 0.2) is 54.7 Å². The molecule has 7 nitrogen and oxygen atoms in total. The van der Waals surface area contributed by atoms with Crippen LogP contribution >= 0.6 is 22.9 Å². The first-order valence-corrected chi connectivity index (χ1v) is 10.7. The fourth-order valence-electron chi connectivity index (χ4n) is 3.50. The van der Waals surface area contributed by atoms with E-state index in [9.17, 15) is 9.90 Å². The van der Waals surface area contributed by atoms with Gasteiger partial charge in [0.05, 0.1) is 11.9 Å². The molecule has 9 heteroatoms. The van der Waals surface area contributed by atoms with E-state index in [0.717, 1.165) is 21.3 Å². The monoisotopic (exact) mass is 439 g/mol. The Balaban J connectivity index is 1.27. The number of hydrogen-bond acceptors (Lipinski definition) is 6. The summed E-state index contributed by atoms with van der Waals surface area (Å²) in [6, 6.07) is 14.1. The van der Waals surface area contributed by atoms with Gasteiger partial charge in [-0.2, -0.15) is 0 Å². The zero-order valence-electron chi connectivity index (χ0n) is 15.9. The number of nitrogens with zero attached hydrogens (tertiary/aromatic N) is 5. The van der Waals surface area contributed by atoms with Gasteiger partial charge in [0.15, 0.2) is 0 Å². The van der Waals surface area contributed by atoms with Gasteiger partial charge >= 0.3 is 0 Å². The van der Waals surface area contributed by atoms with E-state index in [-0.39, 0.29) is 11.7 Å². The number of halogens is 1. The van der Waals surface area contributed by atoms with Crippen molar-refractivity contribution in [3.8, 4) is 17.0 Å². The van der Waals surface area contributed by atoms with Crippen LogP contribution in [0.4, 0.5) is 5.13 Å². The number of hydrogen-bond donors (Lipinski definition) is 1. The second-order valence-electron chi connectivity index (χ2n) is 7.07. The van der Waals surface area contributed by atoms with Crippen molar-refractivity contribution in [3.05, 3.63) is 65.3 Å². The number of phenols is 1. The number of aromatic hydroxyl groups is 1. The molecule has 0 aliphatic carbocycles. The topological polar surface area (TPSA) is 74.0 Å². The van der Waals surface area contributed by atoms with E-state index in [2.05, 4.69) is 15.0 Å². The molecule has 3 heterocycles. The molecule has 0 bridgehead atoms. The van der Waals surface area contributed by atoms with Crippen LogP contribution in [0.1, 0.15) is 10.4 Å². The van der Waals surface area contributed by atoms with E-state index in [4.69, 9.17) is 11.6 Å². The first-order chi connectivity index (χ1) is 14.6. The quantitative estimate of drug-likeness (QED) is 0.526. The van der Waals surface area contributed by atoms with E-state index >= 15 is 0 Å². The van der Waals surface area contributed by atoms with Crippen molar-refractivity contribution in [1.82, 2.24) is 19.5 Å². The molecule has 4 aromatic rings. The number of carbonyl (C=O) groups excluding carboxylic acids is 1. The molecular weight excluding hydrogens is 422 g/mol. The number of phenolic OH excluding ortho intramolecular Hbond substituents is 1. The van der Waals surface area contributed by atoms with E-state index in [0.29, 0.717) is 36.8 Å². The van der Waals surface area contributed by atoms with Gasteiger partial charge < -0.3 is 14.9 Å². The van der Waals surface area contributed by atoms with Crippen LogP contribution in [0, 0.1) is 0 Å². The van der Waals surface area contributed by atoms with Crippen molar-refractivity contribution in [2.24, 2.45) is 0 Å². The SMILES string of the molecule is O=C(c1cccc(O)c1)N1CCN(c2nn3cc(-c4ccc(Cl)cc4)nc3s2)CC1. The summed E-state index contributed by atoms with van der Waals surface area (Å²) < 4.78 is 1.80. The molecule has 2 aromatic heterocycles. The summed E-state index contributed by atoms with van der Waals surface area (Å²) in [5.74, 6) is 0.0377. The third-order valence-electron chi connectivity index (χ3n) is 5.10. The van der Waals surface area contributed by atoms with Crippen LogP contribution in [-0.4, -0.2) is 56.7 Å². The van der Waals surface area contributed by atoms with Gasteiger partial charge in [0.2, 0.25) is 10.1 Å². The van der Waals surface area contributed by atoms with Crippen molar-refractivity contribution in [3.63, 3.8) is 0 Å². The summed E-state index contributed by atoms with van der Waals surface area (Å²) in [6.45, 7) is 2.61. The standard InChI is InChI=1S/C21H18ClN5O2S/c22-16-6-4-14(5-7-16)18-13-27-20(23-18)30-21(24-27)26-10-8-25(9-11-26)19(29)15-2-1-3-17(28)12-15/h1-7,12-13,28H,8-11H2. The Morgan fingerprint density at radius 2 is 1.83 bits per heavy atom. The lowest BCUT2D eigenvalue weighted by Crippen LogP contribution is -2.48. The van der Waals surface area contributed by atoms with Gasteiger partial charge in [-0.05, 0) is 30.3 Å². The molecule has 0 atom stereocenters. The molecule has 1 N–H and O–H groups in total. The van der Waals surface area contributed by atoms with Crippen LogP contribution < -0.4 is 4.90 Å². The number of imidazole rings is 1. The average Bonchev–Trinajstić information content (AvgIpc) is 3.33. The van der Waals surface area contributed by atoms with Gasteiger partial charge in [0.25, 0.3) is 5.91 Å². The van der Waals surface area contributed by atoms with Gasteiger partial charge in [-0.25, -0.2) is 9.50 Å². The van der Waals surface area contributed by atoms with Gasteiger partial charge in [0, 0.05) is 42.3 Å². The van der Waals surface area contributed by atoms with Crippen LogP contribution in [0.25, 0.3) is 16.2 Å². The predicted molar refractivity (Wildman–Crippen MR) is 118 cm³/mol. The summed E-state index contributed by atoms with van der Waals surface area (Å²) >= 11 is 7.49. The summed E-state index contributed by atoms with van der Waals surface area (Å²) in [7, 11) is 0. The Morgan fingerprint density at radius 1 is 1.07 bits per heavy atom. The Hall–Kier alpha value is -3.10. The van der Waals surface area contributed by atoms with Gasteiger partial charge in [-0.1, -0.05) is 41.1 Å². The minimum atomic E-state index is -0.0629. The molecule has 152 valence electrons.